The normalized spacial score (nSPS) is 17.0. The predicted molar refractivity (Wildman–Crippen MR) is 120 cm³/mol. The number of benzene rings is 2. The number of esters is 1. The lowest BCUT2D eigenvalue weighted by Gasteiger charge is -2.37. The van der Waals surface area contributed by atoms with Crippen molar-refractivity contribution in [2.45, 2.75) is 39.0 Å². The number of rotatable bonds is 7. The summed E-state index contributed by atoms with van der Waals surface area (Å²) in [5.74, 6) is -0.150. The summed E-state index contributed by atoms with van der Waals surface area (Å²) in [4.78, 5) is 17.5. The van der Waals surface area contributed by atoms with Crippen LogP contribution < -0.4 is 4.90 Å². The Balaban J connectivity index is 1.53. The van der Waals surface area contributed by atoms with Crippen LogP contribution in [0.1, 0.15) is 36.5 Å². The third-order valence-electron chi connectivity index (χ3n) is 6.43. The topological polar surface area (TPSA) is 32.8 Å². The van der Waals surface area contributed by atoms with Crippen LogP contribution >= 0.6 is 0 Å². The minimum Gasteiger partial charge on any atom is -0.468 e. The number of carbonyl (C=O) groups excluding carboxylic acids is 1. The molecule has 1 heterocycles. The first-order valence-corrected chi connectivity index (χ1v) is 10.6. The largest absolute Gasteiger partial charge is 0.468 e. The van der Waals surface area contributed by atoms with Crippen molar-refractivity contribution in [3.63, 3.8) is 0 Å². The zero-order valence-electron chi connectivity index (χ0n) is 18.3. The highest BCUT2D eigenvalue weighted by Crippen LogP contribution is 2.30. The average Bonchev–Trinajstić information content (AvgIpc) is 2.76. The molecule has 1 atom stereocenters. The van der Waals surface area contributed by atoms with E-state index in [-0.39, 0.29) is 5.97 Å². The van der Waals surface area contributed by atoms with Crippen molar-refractivity contribution in [1.29, 1.82) is 0 Å². The van der Waals surface area contributed by atoms with Gasteiger partial charge in [0.2, 0.25) is 0 Å². The lowest BCUT2D eigenvalue weighted by molar-refractivity contribution is -0.147. The Hall–Kier alpha value is -2.33. The van der Waals surface area contributed by atoms with Gasteiger partial charge in [-0.1, -0.05) is 36.4 Å². The van der Waals surface area contributed by atoms with Crippen molar-refractivity contribution >= 4 is 11.7 Å². The quantitative estimate of drug-likeness (QED) is 0.654. The van der Waals surface area contributed by atoms with Crippen molar-refractivity contribution in [2.75, 3.05) is 44.7 Å². The minimum atomic E-state index is -0.586. The van der Waals surface area contributed by atoms with E-state index in [1.54, 1.807) is 0 Å². The molecule has 3 rings (SSSR count). The van der Waals surface area contributed by atoms with Crippen molar-refractivity contribution in [1.82, 2.24) is 4.90 Å². The molecule has 1 fully saturated rings. The predicted octanol–water partition coefficient (Wildman–Crippen LogP) is 4.34. The summed E-state index contributed by atoms with van der Waals surface area (Å²) in [5, 5.41) is 0. The molecule has 0 amide bonds. The second-order valence-electron chi connectivity index (χ2n) is 8.39. The van der Waals surface area contributed by atoms with Gasteiger partial charge in [-0.2, -0.15) is 0 Å². The summed E-state index contributed by atoms with van der Waals surface area (Å²) in [7, 11) is 1.48. The molecule has 0 bridgehead atoms. The first-order valence-electron chi connectivity index (χ1n) is 10.6. The van der Waals surface area contributed by atoms with Gasteiger partial charge in [0, 0.05) is 31.9 Å². The van der Waals surface area contributed by atoms with E-state index in [0.717, 1.165) is 51.1 Å². The molecule has 2 aromatic carbocycles. The van der Waals surface area contributed by atoms with E-state index in [9.17, 15) is 4.79 Å². The van der Waals surface area contributed by atoms with Crippen molar-refractivity contribution in [3.05, 3.63) is 65.2 Å². The number of nitrogens with zero attached hydrogens (tertiary/aromatic N) is 2. The van der Waals surface area contributed by atoms with Crippen LogP contribution in [0.25, 0.3) is 0 Å². The van der Waals surface area contributed by atoms with E-state index >= 15 is 0 Å². The van der Waals surface area contributed by atoms with Gasteiger partial charge >= 0.3 is 5.97 Å². The maximum atomic E-state index is 12.5. The molecule has 29 heavy (non-hydrogen) atoms. The van der Waals surface area contributed by atoms with E-state index in [0.29, 0.717) is 0 Å². The molecule has 4 nitrogen and oxygen atoms in total. The number of carbonyl (C=O) groups is 1. The van der Waals surface area contributed by atoms with Gasteiger partial charge < -0.3 is 9.64 Å². The highest BCUT2D eigenvalue weighted by molar-refractivity contribution is 5.82. The first kappa shape index (κ1) is 21.4. The van der Waals surface area contributed by atoms with Gasteiger partial charge in [-0.25, -0.2) is 0 Å². The fraction of sp³-hybridized carbons (Fsp3) is 0.480. The molecule has 156 valence electrons. The molecule has 1 aliphatic rings. The van der Waals surface area contributed by atoms with E-state index in [1.165, 1.54) is 23.9 Å². The molecular formula is C25H34N2O2. The van der Waals surface area contributed by atoms with Gasteiger partial charge in [-0.3, -0.25) is 9.69 Å². The monoisotopic (exact) mass is 394 g/mol. The van der Waals surface area contributed by atoms with Gasteiger partial charge in [0.15, 0.2) is 0 Å². The van der Waals surface area contributed by atoms with Gasteiger partial charge in [0.1, 0.15) is 0 Å². The van der Waals surface area contributed by atoms with E-state index in [1.807, 2.05) is 37.3 Å². The zero-order valence-corrected chi connectivity index (χ0v) is 18.3. The Bertz CT molecular complexity index is 813. The number of ether oxygens (including phenoxy) is 1. The highest BCUT2D eigenvalue weighted by Gasteiger charge is 2.35. The fourth-order valence-electron chi connectivity index (χ4n) is 4.20. The maximum absolute atomic E-state index is 12.5. The molecule has 1 aliphatic heterocycles. The van der Waals surface area contributed by atoms with E-state index in [2.05, 4.69) is 41.8 Å². The van der Waals surface area contributed by atoms with Crippen LogP contribution in [0.4, 0.5) is 5.69 Å². The molecule has 0 aliphatic carbocycles. The number of hydrogen-bond acceptors (Lipinski definition) is 4. The van der Waals surface area contributed by atoms with Crippen molar-refractivity contribution in [3.8, 4) is 0 Å². The Kier molecular flexibility index (Phi) is 6.96. The van der Waals surface area contributed by atoms with Crippen LogP contribution in [0, 0.1) is 13.8 Å². The highest BCUT2D eigenvalue weighted by atomic mass is 16.5. The SMILES string of the molecule is COC(=O)C(C)(CCCN1CCN(c2ccc(C)c(C)c2)CC1)c1ccccc1. The van der Waals surface area contributed by atoms with Crippen LogP contribution in [0.15, 0.2) is 48.5 Å². The smallest absolute Gasteiger partial charge is 0.315 e. The maximum Gasteiger partial charge on any atom is 0.315 e. The summed E-state index contributed by atoms with van der Waals surface area (Å²) >= 11 is 0. The Morgan fingerprint density at radius 3 is 2.31 bits per heavy atom. The van der Waals surface area contributed by atoms with E-state index < -0.39 is 5.41 Å². The van der Waals surface area contributed by atoms with Crippen LogP contribution in [-0.2, 0) is 14.9 Å². The third-order valence-corrected chi connectivity index (χ3v) is 6.43. The number of aryl methyl sites for hydroxylation is 2. The average molecular weight is 395 g/mol. The molecule has 0 N–H and O–H groups in total. The molecule has 0 spiro atoms. The standard InChI is InChI=1S/C25H34N2O2/c1-20-11-12-23(19-21(20)2)27-17-15-26(16-18-27)14-8-13-25(3,24(28)29-4)22-9-6-5-7-10-22/h5-7,9-12,19H,8,13-18H2,1-4H3. The third kappa shape index (κ3) is 4.99. The van der Waals surface area contributed by atoms with E-state index in [4.69, 9.17) is 4.74 Å². The van der Waals surface area contributed by atoms with Crippen LogP contribution in [0.3, 0.4) is 0 Å². The molecule has 0 saturated carbocycles. The Morgan fingerprint density at radius 2 is 1.69 bits per heavy atom. The molecule has 1 saturated heterocycles. The lowest BCUT2D eigenvalue weighted by Crippen LogP contribution is -2.47. The van der Waals surface area contributed by atoms with Crippen LogP contribution in [-0.4, -0.2) is 50.7 Å². The van der Waals surface area contributed by atoms with Gasteiger partial charge in [0.05, 0.1) is 12.5 Å². The van der Waals surface area contributed by atoms with Gasteiger partial charge in [0.25, 0.3) is 0 Å². The minimum absolute atomic E-state index is 0.150. The molecular weight excluding hydrogens is 360 g/mol. The Morgan fingerprint density at radius 1 is 1.00 bits per heavy atom. The Labute approximate surface area is 175 Å². The van der Waals surface area contributed by atoms with Crippen LogP contribution in [0.5, 0.6) is 0 Å². The molecule has 4 heteroatoms. The molecule has 0 radical (unpaired) electrons. The molecule has 0 aromatic heterocycles. The van der Waals surface area contributed by atoms with Gasteiger partial charge in [-0.05, 0) is 69.0 Å². The first-order chi connectivity index (χ1) is 13.9. The lowest BCUT2D eigenvalue weighted by atomic mass is 9.78. The second-order valence-corrected chi connectivity index (χ2v) is 8.39. The zero-order chi connectivity index (χ0) is 20.9. The number of piperazine rings is 1. The summed E-state index contributed by atoms with van der Waals surface area (Å²) < 4.78 is 5.13. The second kappa shape index (κ2) is 9.45. The molecule has 1 unspecified atom stereocenters. The van der Waals surface area contributed by atoms with Gasteiger partial charge in [-0.15, -0.1) is 0 Å². The number of hydrogen-bond donors (Lipinski definition) is 0. The van der Waals surface area contributed by atoms with Crippen molar-refractivity contribution < 1.29 is 9.53 Å². The summed E-state index contributed by atoms with van der Waals surface area (Å²) in [6, 6.07) is 16.8. The number of anilines is 1. The summed E-state index contributed by atoms with van der Waals surface area (Å²) in [6.07, 6.45) is 1.77. The number of methoxy groups -OCH3 is 1. The summed E-state index contributed by atoms with van der Waals surface area (Å²) in [6.45, 7) is 11.6. The van der Waals surface area contributed by atoms with Crippen molar-refractivity contribution in [2.24, 2.45) is 0 Å². The fourth-order valence-corrected chi connectivity index (χ4v) is 4.20. The summed E-state index contributed by atoms with van der Waals surface area (Å²) in [5.41, 5.74) is 4.48. The molecule has 2 aromatic rings. The van der Waals surface area contributed by atoms with Crippen LogP contribution in [0.2, 0.25) is 0 Å².